The highest BCUT2D eigenvalue weighted by Gasteiger charge is 2.31. The molecule has 1 aliphatic heterocycles. The molecular formula is C18H15F3N4O2. The minimum Gasteiger partial charge on any atom is -0.335 e. The summed E-state index contributed by atoms with van der Waals surface area (Å²) in [5.74, 6) is -2.32. The number of benzene rings is 1. The molecule has 0 bridgehead atoms. The number of alkyl halides is 1. The lowest BCUT2D eigenvalue weighted by Crippen LogP contribution is -2.52. The molecule has 4 rings (SSSR count). The molecule has 0 aliphatic carbocycles. The lowest BCUT2D eigenvalue weighted by Gasteiger charge is -2.34. The zero-order valence-corrected chi connectivity index (χ0v) is 14.3. The molecule has 6 nitrogen and oxygen atoms in total. The minimum absolute atomic E-state index is 0.0245. The van der Waals surface area contributed by atoms with Crippen LogP contribution in [0.1, 0.15) is 0 Å². The molecule has 3 aromatic rings. The van der Waals surface area contributed by atoms with Crippen molar-refractivity contribution in [3.63, 3.8) is 0 Å². The fraction of sp³-hybridized carbons (Fsp3) is 0.278. The van der Waals surface area contributed by atoms with Gasteiger partial charge in [-0.1, -0.05) is 6.07 Å². The van der Waals surface area contributed by atoms with Gasteiger partial charge in [-0.2, -0.15) is 0 Å². The van der Waals surface area contributed by atoms with Crippen LogP contribution in [0.5, 0.6) is 0 Å². The van der Waals surface area contributed by atoms with Gasteiger partial charge < -0.3 is 4.90 Å². The molecule has 9 heteroatoms. The first kappa shape index (κ1) is 17.3. The highest BCUT2D eigenvalue weighted by molar-refractivity contribution is 5.82. The van der Waals surface area contributed by atoms with Crippen LogP contribution >= 0.6 is 0 Å². The summed E-state index contributed by atoms with van der Waals surface area (Å²) in [7, 11) is 1.52. The van der Waals surface area contributed by atoms with E-state index in [0.717, 1.165) is 12.1 Å². The fourth-order valence-corrected chi connectivity index (χ4v) is 3.13. The van der Waals surface area contributed by atoms with Crippen molar-refractivity contribution < 1.29 is 18.0 Å². The van der Waals surface area contributed by atoms with Gasteiger partial charge in [-0.15, -0.1) is 0 Å². The summed E-state index contributed by atoms with van der Waals surface area (Å²) in [6.07, 6.45) is 0.420. The zero-order valence-electron chi connectivity index (χ0n) is 14.3. The van der Waals surface area contributed by atoms with Crippen LogP contribution in [0.3, 0.4) is 0 Å². The van der Waals surface area contributed by atoms with Crippen LogP contribution in [0.4, 0.5) is 13.2 Å². The van der Waals surface area contributed by atoms with Gasteiger partial charge in [0, 0.05) is 18.8 Å². The minimum atomic E-state index is -1.03. The Morgan fingerprint density at radius 1 is 1.19 bits per heavy atom. The average molecular weight is 376 g/mol. The Morgan fingerprint density at radius 2 is 1.93 bits per heavy atom. The number of pyridine rings is 1. The van der Waals surface area contributed by atoms with Crippen molar-refractivity contribution in [3.8, 4) is 11.1 Å². The molecule has 0 spiro atoms. The largest absolute Gasteiger partial charge is 0.335 e. The molecule has 1 amide bonds. The van der Waals surface area contributed by atoms with E-state index in [-0.39, 0.29) is 25.5 Å². The summed E-state index contributed by atoms with van der Waals surface area (Å²) in [5, 5.41) is 0. The quantitative estimate of drug-likeness (QED) is 0.701. The third kappa shape index (κ3) is 2.88. The number of aromatic nitrogens is 3. The van der Waals surface area contributed by atoms with E-state index in [9.17, 15) is 22.8 Å². The van der Waals surface area contributed by atoms with Crippen molar-refractivity contribution in [3.05, 3.63) is 52.6 Å². The summed E-state index contributed by atoms with van der Waals surface area (Å²) in [4.78, 5) is 30.3. The van der Waals surface area contributed by atoms with E-state index in [2.05, 4.69) is 4.98 Å². The Morgan fingerprint density at radius 3 is 2.59 bits per heavy atom. The normalized spacial score (nSPS) is 14.6. The zero-order chi connectivity index (χ0) is 19.3. The molecule has 2 aromatic heterocycles. The van der Waals surface area contributed by atoms with E-state index in [0.29, 0.717) is 22.3 Å². The number of imidazole rings is 1. The second kappa shape index (κ2) is 6.26. The van der Waals surface area contributed by atoms with Gasteiger partial charge >= 0.3 is 5.69 Å². The lowest BCUT2D eigenvalue weighted by molar-refractivity contribution is -0.138. The molecule has 0 unspecified atom stereocenters. The standard InChI is InChI=1S/C18H15F3N4O2/c1-23-17-15(25(18(23)27)9-16(26)24-7-12(19)8-24)5-11(6-22-17)10-2-3-13(20)14(21)4-10/h2-6,12H,7-9H2,1H3. The molecule has 1 aliphatic rings. The number of amides is 1. The second-order valence-corrected chi connectivity index (χ2v) is 6.52. The summed E-state index contributed by atoms with van der Waals surface area (Å²) in [5.41, 5.74) is 1.16. The Kier molecular flexibility index (Phi) is 4.01. The summed E-state index contributed by atoms with van der Waals surface area (Å²) >= 11 is 0. The highest BCUT2D eigenvalue weighted by atomic mass is 19.2. The summed E-state index contributed by atoms with van der Waals surface area (Å²) in [6, 6.07) is 5.04. The first-order chi connectivity index (χ1) is 12.8. The molecule has 1 aromatic carbocycles. The number of likely N-dealkylation sites (tertiary alicyclic amines) is 1. The molecule has 1 fully saturated rings. The maximum atomic E-state index is 13.5. The Bertz CT molecular complexity index is 1120. The molecule has 0 radical (unpaired) electrons. The van der Waals surface area contributed by atoms with Gasteiger partial charge in [-0.25, -0.2) is 22.9 Å². The number of carbonyl (C=O) groups excluding carboxylic acids is 1. The smallest absolute Gasteiger partial charge is 0.330 e. The SMILES string of the molecule is Cn1c(=O)n(CC(=O)N2CC(F)C2)c2cc(-c3ccc(F)c(F)c3)cnc21. The number of hydrogen-bond donors (Lipinski definition) is 0. The molecule has 0 saturated carbocycles. The molecule has 1 saturated heterocycles. The van der Waals surface area contributed by atoms with E-state index in [1.165, 1.54) is 33.3 Å². The maximum Gasteiger partial charge on any atom is 0.330 e. The van der Waals surface area contributed by atoms with Crippen molar-refractivity contribution in [2.75, 3.05) is 13.1 Å². The molecule has 0 atom stereocenters. The monoisotopic (exact) mass is 376 g/mol. The Hall–Kier alpha value is -3.10. The third-order valence-corrected chi connectivity index (χ3v) is 4.71. The molecular weight excluding hydrogens is 361 g/mol. The van der Waals surface area contributed by atoms with E-state index in [1.54, 1.807) is 6.07 Å². The maximum absolute atomic E-state index is 13.5. The van der Waals surface area contributed by atoms with Crippen LogP contribution < -0.4 is 5.69 Å². The van der Waals surface area contributed by atoms with Crippen molar-refractivity contribution in [1.82, 2.24) is 19.0 Å². The van der Waals surface area contributed by atoms with Crippen LogP contribution in [0, 0.1) is 11.6 Å². The highest BCUT2D eigenvalue weighted by Crippen LogP contribution is 2.24. The van der Waals surface area contributed by atoms with E-state index < -0.39 is 23.5 Å². The van der Waals surface area contributed by atoms with Gasteiger partial charge in [-0.05, 0) is 23.8 Å². The number of aryl methyl sites for hydroxylation is 1. The Labute approximate surface area is 151 Å². The molecule has 3 heterocycles. The van der Waals surface area contributed by atoms with Crippen molar-refractivity contribution >= 4 is 17.1 Å². The van der Waals surface area contributed by atoms with E-state index in [1.807, 2.05) is 0 Å². The lowest BCUT2D eigenvalue weighted by atomic mass is 10.1. The summed E-state index contributed by atoms with van der Waals surface area (Å²) in [6.45, 7) is -0.195. The average Bonchev–Trinajstić information content (AvgIpc) is 2.85. The number of carbonyl (C=O) groups is 1. The van der Waals surface area contributed by atoms with Crippen molar-refractivity contribution in [1.29, 1.82) is 0 Å². The van der Waals surface area contributed by atoms with Crippen LogP contribution in [0.25, 0.3) is 22.3 Å². The van der Waals surface area contributed by atoms with Crippen LogP contribution in [-0.2, 0) is 18.4 Å². The number of fused-ring (bicyclic) bond motifs is 1. The first-order valence-electron chi connectivity index (χ1n) is 8.27. The third-order valence-electron chi connectivity index (χ3n) is 4.71. The summed E-state index contributed by atoms with van der Waals surface area (Å²) < 4.78 is 42.2. The van der Waals surface area contributed by atoms with Crippen molar-refractivity contribution in [2.45, 2.75) is 12.7 Å². The second-order valence-electron chi connectivity index (χ2n) is 6.52. The molecule has 0 N–H and O–H groups in total. The first-order valence-corrected chi connectivity index (χ1v) is 8.27. The van der Waals surface area contributed by atoms with Gasteiger partial charge in [0.1, 0.15) is 12.7 Å². The van der Waals surface area contributed by atoms with Crippen LogP contribution in [0.2, 0.25) is 0 Å². The predicted molar refractivity (Wildman–Crippen MR) is 91.8 cm³/mol. The topological polar surface area (TPSA) is 60.1 Å². The number of nitrogens with zero attached hydrogens (tertiary/aromatic N) is 4. The van der Waals surface area contributed by atoms with Gasteiger partial charge in [0.05, 0.1) is 18.6 Å². The van der Waals surface area contributed by atoms with Gasteiger partial charge in [0.15, 0.2) is 17.3 Å². The van der Waals surface area contributed by atoms with E-state index in [4.69, 9.17) is 0 Å². The predicted octanol–water partition coefficient (Wildman–Crippen LogP) is 1.86. The Balaban J connectivity index is 1.76. The molecule has 27 heavy (non-hydrogen) atoms. The fourth-order valence-electron chi connectivity index (χ4n) is 3.13. The van der Waals surface area contributed by atoms with E-state index >= 15 is 0 Å². The number of halogens is 3. The number of hydrogen-bond acceptors (Lipinski definition) is 3. The van der Waals surface area contributed by atoms with Crippen LogP contribution in [-0.4, -0.2) is 44.2 Å². The van der Waals surface area contributed by atoms with Crippen molar-refractivity contribution in [2.24, 2.45) is 7.05 Å². The van der Waals surface area contributed by atoms with Crippen LogP contribution in [0.15, 0.2) is 35.3 Å². The van der Waals surface area contributed by atoms with Gasteiger partial charge in [0.2, 0.25) is 5.91 Å². The van der Waals surface area contributed by atoms with Gasteiger partial charge in [-0.3, -0.25) is 13.9 Å². The molecule has 140 valence electrons. The van der Waals surface area contributed by atoms with Gasteiger partial charge in [0.25, 0.3) is 0 Å². The number of rotatable bonds is 3.